The molecule has 0 spiro atoms. The van der Waals surface area contributed by atoms with Crippen molar-refractivity contribution in [2.45, 2.75) is 13.3 Å². The van der Waals surface area contributed by atoms with Crippen molar-refractivity contribution >= 4 is 0 Å². The van der Waals surface area contributed by atoms with Gasteiger partial charge in [-0.25, -0.2) is 0 Å². The van der Waals surface area contributed by atoms with Crippen LogP contribution >= 0.6 is 0 Å². The molecule has 0 amide bonds. The Morgan fingerprint density at radius 2 is 2.00 bits per heavy atom. The molecular weight excluding hydrogens is 126 g/mol. The number of rotatable bonds is 5. The van der Waals surface area contributed by atoms with E-state index in [0.29, 0.717) is 5.92 Å². The number of methoxy groups -OCH3 is 1. The summed E-state index contributed by atoms with van der Waals surface area (Å²) in [5.74, 6) is 0.687. The van der Waals surface area contributed by atoms with Crippen molar-refractivity contribution in [1.82, 2.24) is 4.90 Å². The summed E-state index contributed by atoms with van der Waals surface area (Å²) in [4.78, 5) is 2.20. The van der Waals surface area contributed by atoms with Crippen LogP contribution in [0.1, 0.15) is 13.3 Å². The average Bonchev–Trinajstić information content (AvgIpc) is 1.85. The first-order valence-electron chi connectivity index (χ1n) is 3.80. The smallest absolute Gasteiger partial charge is 0.0488 e. The molecule has 0 bridgehead atoms. The molecule has 2 heteroatoms. The van der Waals surface area contributed by atoms with Crippen molar-refractivity contribution < 1.29 is 4.74 Å². The Hall–Kier alpha value is -0.0800. The van der Waals surface area contributed by atoms with Crippen LogP contribution in [0.3, 0.4) is 0 Å². The molecule has 0 N–H and O–H groups in total. The Morgan fingerprint density at radius 1 is 1.40 bits per heavy atom. The number of hydrogen-bond donors (Lipinski definition) is 0. The summed E-state index contributed by atoms with van der Waals surface area (Å²) in [5.41, 5.74) is 0. The third kappa shape index (κ3) is 6.05. The fraction of sp³-hybridized carbons (Fsp3) is 1.00. The van der Waals surface area contributed by atoms with E-state index in [1.807, 2.05) is 0 Å². The van der Waals surface area contributed by atoms with Crippen LogP contribution in [0.5, 0.6) is 0 Å². The minimum Gasteiger partial charge on any atom is -0.384 e. The van der Waals surface area contributed by atoms with Gasteiger partial charge in [-0.2, -0.15) is 0 Å². The lowest BCUT2D eigenvalue weighted by Crippen LogP contribution is -2.17. The maximum Gasteiger partial charge on any atom is 0.0488 e. The highest BCUT2D eigenvalue weighted by molar-refractivity contribution is 4.53. The van der Waals surface area contributed by atoms with Gasteiger partial charge in [0.25, 0.3) is 0 Å². The third-order valence-corrected chi connectivity index (χ3v) is 1.52. The predicted octanol–water partition coefficient (Wildman–Crippen LogP) is 1.22. The third-order valence-electron chi connectivity index (χ3n) is 1.52. The van der Waals surface area contributed by atoms with Crippen LogP contribution in [-0.2, 0) is 4.74 Å². The second-order valence-corrected chi connectivity index (χ2v) is 3.15. The first kappa shape index (κ1) is 9.92. The molecule has 1 unspecified atom stereocenters. The zero-order valence-electron chi connectivity index (χ0n) is 7.55. The molecule has 0 aromatic rings. The Morgan fingerprint density at radius 3 is 2.40 bits per heavy atom. The standard InChI is InChI=1S/C8H19NO/c1-8(7-10-4)5-6-9(2)3/h8H,5-7H2,1-4H3. The Balaban J connectivity index is 3.12. The molecule has 0 aliphatic heterocycles. The highest BCUT2D eigenvalue weighted by Gasteiger charge is 2.00. The van der Waals surface area contributed by atoms with Gasteiger partial charge in [0.05, 0.1) is 0 Å². The fourth-order valence-corrected chi connectivity index (χ4v) is 0.846. The highest BCUT2D eigenvalue weighted by Crippen LogP contribution is 2.01. The molecule has 0 fully saturated rings. The molecular formula is C8H19NO. The molecule has 0 saturated heterocycles. The zero-order valence-corrected chi connectivity index (χ0v) is 7.55. The van der Waals surface area contributed by atoms with Crippen LogP contribution in [0, 0.1) is 5.92 Å². The van der Waals surface area contributed by atoms with E-state index in [2.05, 4.69) is 25.9 Å². The van der Waals surface area contributed by atoms with Crippen LogP contribution in [0.4, 0.5) is 0 Å². The number of hydrogen-bond acceptors (Lipinski definition) is 2. The minimum atomic E-state index is 0.687. The number of ether oxygens (including phenoxy) is 1. The molecule has 0 aliphatic carbocycles. The van der Waals surface area contributed by atoms with Crippen LogP contribution in [0.2, 0.25) is 0 Å². The molecule has 0 aromatic carbocycles. The van der Waals surface area contributed by atoms with Crippen molar-refractivity contribution in [3.63, 3.8) is 0 Å². The number of nitrogens with zero attached hydrogens (tertiary/aromatic N) is 1. The van der Waals surface area contributed by atoms with Gasteiger partial charge in [-0.3, -0.25) is 0 Å². The SMILES string of the molecule is COCC(C)CCN(C)C. The molecule has 0 rings (SSSR count). The van der Waals surface area contributed by atoms with E-state index in [0.717, 1.165) is 13.2 Å². The summed E-state index contributed by atoms with van der Waals surface area (Å²) >= 11 is 0. The average molecular weight is 145 g/mol. The van der Waals surface area contributed by atoms with Gasteiger partial charge in [0.15, 0.2) is 0 Å². The summed E-state index contributed by atoms with van der Waals surface area (Å²) in [6.07, 6.45) is 1.22. The lowest BCUT2D eigenvalue weighted by Gasteiger charge is -2.13. The maximum absolute atomic E-state index is 5.02. The van der Waals surface area contributed by atoms with Crippen molar-refractivity contribution in [1.29, 1.82) is 0 Å². The first-order valence-corrected chi connectivity index (χ1v) is 3.80. The second-order valence-electron chi connectivity index (χ2n) is 3.15. The van der Waals surface area contributed by atoms with E-state index in [9.17, 15) is 0 Å². The topological polar surface area (TPSA) is 12.5 Å². The molecule has 62 valence electrons. The quantitative estimate of drug-likeness (QED) is 0.577. The summed E-state index contributed by atoms with van der Waals surface area (Å²) in [6.45, 7) is 4.26. The zero-order chi connectivity index (χ0) is 7.98. The molecule has 1 atom stereocenters. The second kappa shape index (κ2) is 5.69. The van der Waals surface area contributed by atoms with Gasteiger partial charge >= 0.3 is 0 Å². The molecule has 10 heavy (non-hydrogen) atoms. The lowest BCUT2D eigenvalue weighted by molar-refractivity contribution is 0.150. The Bertz CT molecular complexity index is 73.7. The van der Waals surface area contributed by atoms with Crippen molar-refractivity contribution in [3.8, 4) is 0 Å². The van der Waals surface area contributed by atoms with Crippen LogP contribution in [0.15, 0.2) is 0 Å². The van der Waals surface area contributed by atoms with E-state index in [4.69, 9.17) is 4.74 Å². The van der Waals surface area contributed by atoms with Crippen molar-refractivity contribution in [2.75, 3.05) is 34.4 Å². The molecule has 0 saturated carbocycles. The summed E-state index contributed by atoms with van der Waals surface area (Å²) in [6, 6.07) is 0. The molecule has 0 radical (unpaired) electrons. The van der Waals surface area contributed by atoms with Crippen LogP contribution in [0.25, 0.3) is 0 Å². The monoisotopic (exact) mass is 145 g/mol. The first-order chi connectivity index (χ1) is 4.66. The summed E-state index contributed by atoms with van der Waals surface area (Å²) in [5, 5.41) is 0. The van der Waals surface area contributed by atoms with Gasteiger partial charge in [0.2, 0.25) is 0 Å². The van der Waals surface area contributed by atoms with Gasteiger partial charge in [-0.05, 0) is 33.0 Å². The van der Waals surface area contributed by atoms with Gasteiger partial charge in [-0.1, -0.05) is 6.92 Å². The Kier molecular flexibility index (Phi) is 5.64. The molecule has 2 nitrogen and oxygen atoms in total. The maximum atomic E-state index is 5.02. The van der Waals surface area contributed by atoms with E-state index in [1.54, 1.807) is 7.11 Å². The fourth-order valence-electron chi connectivity index (χ4n) is 0.846. The van der Waals surface area contributed by atoms with Gasteiger partial charge < -0.3 is 9.64 Å². The lowest BCUT2D eigenvalue weighted by atomic mass is 10.1. The highest BCUT2D eigenvalue weighted by atomic mass is 16.5. The largest absolute Gasteiger partial charge is 0.384 e. The summed E-state index contributed by atoms with van der Waals surface area (Å²) in [7, 11) is 5.95. The minimum absolute atomic E-state index is 0.687. The molecule has 0 aromatic heterocycles. The normalized spacial score (nSPS) is 14.1. The van der Waals surface area contributed by atoms with Gasteiger partial charge in [0.1, 0.15) is 0 Å². The van der Waals surface area contributed by atoms with E-state index >= 15 is 0 Å². The summed E-state index contributed by atoms with van der Waals surface area (Å²) < 4.78 is 5.02. The van der Waals surface area contributed by atoms with E-state index < -0.39 is 0 Å². The van der Waals surface area contributed by atoms with Gasteiger partial charge in [-0.15, -0.1) is 0 Å². The molecule has 0 aliphatic rings. The van der Waals surface area contributed by atoms with Crippen molar-refractivity contribution in [3.05, 3.63) is 0 Å². The predicted molar refractivity (Wildman–Crippen MR) is 44.2 cm³/mol. The van der Waals surface area contributed by atoms with Crippen LogP contribution < -0.4 is 0 Å². The van der Waals surface area contributed by atoms with E-state index in [1.165, 1.54) is 6.42 Å². The van der Waals surface area contributed by atoms with Crippen molar-refractivity contribution in [2.24, 2.45) is 5.92 Å². The van der Waals surface area contributed by atoms with Gasteiger partial charge in [0, 0.05) is 13.7 Å². The van der Waals surface area contributed by atoms with E-state index in [-0.39, 0.29) is 0 Å². The Labute approximate surface area is 64.2 Å². The van der Waals surface area contributed by atoms with Crippen LogP contribution in [-0.4, -0.2) is 39.3 Å². The molecule has 0 heterocycles.